The van der Waals surface area contributed by atoms with E-state index >= 15 is 0 Å². The van der Waals surface area contributed by atoms with Gasteiger partial charge in [0.2, 0.25) is 0 Å². The molecule has 3 heteroatoms. The Labute approximate surface area is 94.9 Å². The van der Waals surface area contributed by atoms with Crippen LogP contribution in [0.5, 0.6) is 0 Å². The van der Waals surface area contributed by atoms with Crippen molar-refractivity contribution < 1.29 is 0 Å². The van der Waals surface area contributed by atoms with E-state index in [4.69, 9.17) is 0 Å². The minimum atomic E-state index is 0.549. The normalized spacial score (nSPS) is 16.1. The number of aryl methyl sites for hydroxylation is 1. The second-order valence-corrected chi connectivity index (χ2v) is 4.33. The first kappa shape index (κ1) is 9.60. The summed E-state index contributed by atoms with van der Waals surface area (Å²) in [6.45, 7) is 4.12. The van der Waals surface area contributed by atoms with E-state index in [-0.39, 0.29) is 0 Å². The first-order valence-corrected chi connectivity index (χ1v) is 5.66. The third-order valence-corrected chi connectivity index (χ3v) is 3.00. The third kappa shape index (κ3) is 1.63. The van der Waals surface area contributed by atoms with Crippen LogP contribution in [0.4, 0.5) is 5.69 Å². The van der Waals surface area contributed by atoms with Gasteiger partial charge in [-0.3, -0.25) is 4.98 Å². The average Bonchev–Trinajstić information content (AvgIpc) is 2.23. The van der Waals surface area contributed by atoms with Crippen molar-refractivity contribution in [3.05, 3.63) is 36.0 Å². The molecule has 0 unspecified atom stereocenters. The Morgan fingerprint density at radius 2 is 2.12 bits per heavy atom. The van der Waals surface area contributed by atoms with Crippen LogP contribution < -0.4 is 10.6 Å². The summed E-state index contributed by atoms with van der Waals surface area (Å²) < 4.78 is 0. The molecule has 1 aromatic heterocycles. The van der Waals surface area contributed by atoms with Crippen molar-refractivity contribution >= 4 is 16.6 Å². The Morgan fingerprint density at radius 1 is 1.25 bits per heavy atom. The summed E-state index contributed by atoms with van der Waals surface area (Å²) in [5.74, 6) is 0. The van der Waals surface area contributed by atoms with Crippen LogP contribution in [-0.2, 0) is 0 Å². The zero-order chi connectivity index (χ0) is 11.0. The van der Waals surface area contributed by atoms with E-state index in [1.807, 2.05) is 6.92 Å². The highest BCUT2D eigenvalue weighted by molar-refractivity contribution is 5.90. The van der Waals surface area contributed by atoms with E-state index in [0.717, 1.165) is 30.0 Å². The first-order valence-electron chi connectivity index (χ1n) is 5.66. The molecule has 3 rings (SSSR count). The molecule has 82 valence electrons. The van der Waals surface area contributed by atoms with E-state index in [1.54, 1.807) is 0 Å². The maximum Gasteiger partial charge on any atom is 0.0936 e. The summed E-state index contributed by atoms with van der Waals surface area (Å²) in [4.78, 5) is 4.60. The number of benzene rings is 1. The van der Waals surface area contributed by atoms with Gasteiger partial charge in [0, 0.05) is 24.2 Å². The van der Waals surface area contributed by atoms with Crippen molar-refractivity contribution in [3.8, 4) is 0 Å². The van der Waals surface area contributed by atoms with E-state index in [9.17, 15) is 0 Å². The average molecular weight is 213 g/mol. The minimum Gasteiger partial charge on any atom is -0.378 e. The van der Waals surface area contributed by atoms with E-state index in [0.29, 0.717) is 6.04 Å². The molecule has 0 spiro atoms. The first-order chi connectivity index (χ1) is 7.83. The Morgan fingerprint density at radius 3 is 2.88 bits per heavy atom. The molecule has 0 amide bonds. The van der Waals surface area contributed by atoms with Crippen LogP contribution in [0.25, 0.3) is 10.9 Å². The van der Waals surface area contributed by atoms with Gasteiger partial charge in [-0.25, -0.2) is 0 Å². The standard InChI is InChI=1S/C13H15N3/c1-9-5-6-10-3-2-4-12(13(10)15-9)16-11-7-14-8-11/h2-6,11,14,16H,7-8H2,1H3. The van der Waals surface area contributed by atoms with Crippen molar-refractivity contribution in [2.75, 3.05) is 18.4 Å². The van der Waals surface area contributed by atoms with Crippen LogP contribution in [0.2, 0.25) is 0 Å². The van der Waals surface area contributed by atoms with Crippen LogP contribution in [0.15, 0.2) is 30.3 Å². The molecule has 0 atom stereocenters. The highest BCUT2D eigenvalue weighted by atomic mass is 15.1. The highest BCUT2D eigenvalue weighted by Gasteiger charge is 2.16. The monoisotopic (exact) mass is 213 g/mol. The Kier molecular flexibility index (Phi) is 2.26. The predicted octanol–water partition coefficient (Wildman–Crippen LogP) is 1.93. The van der Waals surface area contributed by atoms with Gasteiger partial charge in [0.15, 0.2) is 0 Å². The number of rotatable bonds is 2. The second kappa shape index (κ2) is 3.76. The number of anilines is 1. The summed E-state index contributed by atoms with van der Waals surface area (Å²) in [6.07, 6.45) is 0. The van der Waals surface area contributed by atoms with Gasteiger partial charge in [0.25, 0.3) is 0 Å². The molecule has 2 N–H and O–H groups in total. The lowest BCUT2D eigenvalue weighted by atomic mass is 10.1. The zero-order valence-electron chi connectivity index (χ0n) is 9.33. The molecule has 0 saturated carbocycles. The zero-order valence-corrected chi connectivity index (χ0v) is 9.33. The van der Waals surface area contributed by atoms with Gasteiger partial charge < -0.3 is 10.6 Å². The van der Waals surface area contributed by atoms with E-state index in [2.05, 4.69) is 45.9 Å². The predicted molar refractivity (Wildman–Crippen MR) is 66.8 cm³/mol. The number of fused-ring (bicyclic) bond motifs is 1. The third-order valence-electron chi connectivity index (χ3n) is 3.00. The SMILES string of the molecule is Cc1ccc2cccc(NC3CNC3)c2n1. The smallest absolute Gasteiger partial charge is 0.0936 e. The van der Waals surface area contributed by atoms with Gasteiger partial charge in [0.1, 0.15) is 0 Å². The quantitative estimate of drug-likeness (QED) is 0.800. The topological polar surface area (TPSA) is 37.0 Å². The summed E-state index contributed by atoms with van der Waals surface area (Å²) in [6, 6.07) is 11.0. The molecule has 0 radical (unpaired) electrons. The molecule has 0 aliphatic carbocycles. The van der Waals surface area contributed by atoms with Crippen molar-refractivity contribution in [1.82, 2.24) is 10.3 Å². The van der Waals surface area contributed by atoms with Crippen LogP contribution in [0.1, 0.15) is 5.69 Å². The Hall–Kier alpha value is -1.61. The van der Waals surface area contributed by atoms with Crippen LogP contribution in [0, 0.1) is 6.92 Å². The lowest BCUT2D eigenvalue weighted by Gasteiger charge is -2.29. The minimum absolute atomic E-state index is 0.549. The number of para-hydroxylation sites is 1. The fourth-order valence-corrected chi connectivity index (χ4v) is 1.97. The number of hydrogen-bond donors (Lipinski definition) is 2. The Bertz CT molecular complexity index is 518. The summed E-state index contributed by atoms with van der Waals surface area (Å²) in [7, 11) is 0. The Balaban J connectivity index is 2.04. The van der Waals surface area contributed by atoms with Gasteiger partial charge >= 0.3 is 0 Å². The van der Waals surface area contributed by atoms with Gasteiger partial charge in [-0.2, -0.15) is 0 Å². The number of pyridine rings is 1. The van der Waals surface area contributed by atoms with E-state index < -0.39 is 0 Å². The molecule has 1 aromatic carbocycles. The lowest BCUT2D eigenvalue weighted by molar-refractivity contribution is 0.472. The van der Waals surface area contributed by atoms with Crippen LogP contribution >= 0.6 is 0 Å². The van der Waals surface area contributed by atoms with Crippen LogP contribution in [0.3, 0.4) is 0 Å². The number of aromatic nitrogens is 1. The van der Waals surface area contributed by atoms with Crippen molar-refractivity contribution in [1.29, 1.82) is 0 Å². The maximum absolute atomic E-state index is 4.60. The largest absolute Gasteiger partial charge is 0.378 e. The van der Waals surface area contributed by atoms with Crippen LogP contribution in [-0.4, -0.2) is 24.1 Å². The molecule has 16 heavy (non-hydrogen) atoms. The summed E-state index contributed by atoms with van der Waals surface area (Å²) in [5, 5.41) is 7.98. The molecule has 3 nitrogen and oxygen atoms in total. The molecule has 1 aliphatic rings. The molecular weight excluding hydrogens is 198 g/mol. The molecule has 2 heterocycles. The highest BCUT2D eigenvalue weighted by Crippen LogP contribution is 2.22. The molecular formula is C13H15N3. The summed E-state index contributed by atoms with van der Waals surface area (Å²) >= 11 is 0. The molecule has 1 aliphatic heterocycles. The second-order valence-electron chi connectivity index (χ2n) is 4.33. The molecule has 2 aromatic rings. The molecule has 1 fully saturated rings. The lowest BCUT2D eigenvalue weighted by Crippen LogP contribution is -2.51. The molecule has 1 saturated heterocycles. The number of hydrogen-bond acceptors (Lipinski definition) is 3. The molecule has 0 bridgehead atoms. The van der Waals surface area contributed by atoms with Crippen molar-refractivity contribution in [2.45, 2.75) is 13.0 Å². The summed E-state index contributed by atoms with van der Waals surface area (Å²) in [5.41, 5.74) is 3.29. The fraction of sp³-hybridized carbons (Fsp3) is 0.308. The van der Waals surface area contributed by atoms with Gasteiger partial charge in [-0.1, -0.05) is 18.2 Å². The van der Waals surface area contributed by atoms with Gasteiger partial charge in [0.05, 0.1) is 17.2 Å². The number of nitrogens with one attached hydrogen (secondary N) is 2. The van der Waals surface area contributed by atoms with Gasteiger partial charge in [-0.05, 0) is 19.1 Å². The fourth-order valence-electron chi connectivity index (χ4n) is 1.97. The van der Waals surface area contributed by atoms with Crippen molar-refractivity contribution in [3.63, 3.8) is 0 Å². The van der Waals surface area contributed by atoms with E-state index in [1.165, 1.54) is 5.39 Å². The number of nitrogens with zero attached hydrogens (tertiary/aromatic N) is 1. The van der Waals surface area contributed by atoms with Crippen molar-refractivity contribution in [2.24, 2.45) is 0 Å². The van der Waals surface area contributed by atoms with Gasteiger partial charge in [-0.15, -0.1) is 0 Å². The maximum atomic E-state index is 4.60.